The third-order valence-electron chi connectivity index (χ3n) is 3.26. The molecule has 3 rings (SSSR count). The first-order chi connectivity index (χ1) is 10.1. The number of rotatable bonds is 3. The number of β-amino-alcohol motifs (C(OH)–C–C–N with tert-alkyl or cyclic N) is 1. The molecule has 6 nitrogen and oxygen atoms in total. The maximum Gasteiger partial charge on any atom is 0.222 e. The molecule has 0 saturated carbocycles. The van der Waals surface area contributed by atoms with Crippen molar-refractivity contribution in [1.29, 1.82) is 0 Å². The molecule has 1 aromatic carbocycles. The van der Waals surface area contributed by atoms with Gasteiger partial charge in [0.1, 0.15) is 5.75 Å². The maximum absolute atomic E-state index is 9.67. The Morgan fingerprint density at radius 3 is 2.76 bits per heavy atom. The molecule has 1 fully saturated rings. The van der Waals surface area contributed by atoms with Gasteiger partial charge < -0.3 is 20.5 Å². The first kappa shape index (κ1) is 13.9. The van der Waals surface area contributed by atoms with Gasteiger partial charge in [-0.2, -0.15) is 4.98 Å². The predicted octanol–water partition coefficient (Wildman–Crippen LogP) is 2.08. The summed E-state index contributed by atoms with van der Waals surface area (Å²) < 4.78 is 5.80. The Kier molecular flexibility index (Phi) is 3.81. The van der Waals surface area contributed by atoms with Gasteiger partial charge in [0, 0.05) is 18.1 Å². The van der Waals surface area contributed by atoms with E-state index in [9.17, 15) is 5.11 Å². The van der Waals surface area contributed by atoms with E-state index in [4.69, 9.17) is 22.1 Å². The number of aromatic nitrogens is 2. The van der Waals surface area contributed by atoms with Gasteiger partial charge >= 0.3 is 0 Å². The Bertz CT molecular complexity index is 635. The zero-order valence-electron chi connectivity index (χ0n) is 11.2. The molecule has 0 bridgehead atoms. The molecule has 1 aliphatic heterocycles. The summed E-state index contributed by atoms with van der Waals surface area (Å²) >= 11 is 5.85. The average Bonchev–Trinajstić information content (AvgIpc) is 2.90. The normalized spacial score (nSPS) is 18.0. The zero-order chi connectivity index (χ0) is 14.8. The van der Waals surface area contributed by atoms with Crippen LogP contribution < -0.4 is 15.4 Å². The van der Waals surface area contributed by atoms with E-state index in [1.807, 2.05) is 4.90 Å². The lowest BCUT2D eigenvalue weighted by atomic mass is 10.3. The second kappa shape index (κ2) is 5.75. The first-order valence-corrected chi connectivity index (χ1v) is 6.98. The molecule has 0 spiro atoms. The van der Waals surface area contributed by atoms with Crippen LogP contribution in [-0.2, 0) is 0 Å². The second-order valence-corrected chi connectivity index (χ2v) is 5.30. The zero-order valence-corrected chi connectivity index (χ0v) is 12.0. The van der Waals surface area contributed by atoms with Crippen molar-refractivity contribution < 1.29 is 9.84 Å². The Labute approximate surface area is 127 Å². The van der Waals surface area contributed by atoms with Crippen molar-refractivity contribution in [2.45, 2.75) is 12.5 Å². The molecule has 1 aliphatic rings. The van der Waals surface area contributed by atoms with Crippen LogP contribution in [0.4, 0.5) is 11.8 Å². The third kappa shape index (κ3) is 3.17. The number of nitrogens with two attached hydrogens (primary N) is 1. The number of benzene rings is 1. The summed E-state index contributed by atoms with van der Waals surface area (Å²) in [4.78, 5) is 10.1. The van der Waals surface area contributed by atoms with Crippen molar-refractivity contribution in [3.05, 3.63) is 35.5 Å². The van der Waals surface area contributed by atoms with E-state index in [-0.39, 0.29) is 12.1 Å². The van der Waals surface area contributed by atoms with E-state index in [0.29, 0.717) is 41.8 Å². The maximum atomic E-state index is 9.67. The van der Waals surface area contributed by atoms with Crippen LogP contribution in [0.25, 0.3) is 0 Å². The number of nitrogen functional groups attached to an aromatic ring is 1. The van der Waals surface area contributed by atoms with Gasteiger partial charge in [-0.25, -0.2) is 4.98 Å². The van der Waals surface area contributed by atoms with Crippen LogP contribution in [0.15, 0.2) is 30.5 Å². The number of ether oxygens (including phenoxy) is 1. The Morgan fingerprint density at radius 2 is 2.10 bits per heavy atom. The summed E-state index contributed by atoms with van der Waals surface area (Å²) in [6, 6.07) is 7.02. The van der Waals surface area contributed by atoms with Crippen molar-refractivity contribution in [3.8, 4) is 11.5 Å². The molecule has 1 aromatic heterocycles. The molecule has 110 valence electrons. The summed E-state index contributed by atoms with van der Waals surface area (Å²) in [7, 11) is 0. The lowest BCUT2D eigenvalue weighted by molar-refractivity contribution is 0.198. The van der Waals surface area contributed by atoms with Crippen molar-refractivity contribution >= 4 is 23.4 Å². The fourth-order valence-corrected chi connectivity index (χ4v) is 2.36. The fraction of sp³-hybridized carbons (Fsp3) is 0.286. The molecule has 0 aliphatic carbocycles. The summed E-state index contributed by atoms with van der Waals surface area (Å²) in [5, 5.41) is 10.3. The smallest absolute Gasteiger partial charge is 0.222 e. The molecule has 2 aromatic rings. The highest BCUT2D eigenvalue weighted by atomic mass is 35.5. The van der Waals surface area contributed by atoms with Crippen molar-refractivity contribution in [2.24, 2.45) is 0 Å². The SMILES string of the molecule is Nc1ncc(Oc2ccc(Cl)cc2)c(N2CCC(O)C2)n1. The highest BCUT2D eigenvalue weighted by Crippen LogP contribution is 2.32. The van der Waals surface area contributed by atoms with E-state index in [1.165, 1.54) is 6.20 Å². The van der Waals surface area contributed by atoms with Crippen LogP contribution >= 0.6 is 11.6 Å². The Morgan fingerprint density at radius 1 is 1.33 bits per heavy atom. The van der Waals surface area contributed by atoms with Crippen molar-refractivity contribution in [1.82, 2.24) is 9.97 Å². The number of anilines is 2. The quantitative estimate of drug-likeness (QED) is 0.903. The van der Waals surface area contributed by atoms with Gasteiger partial charge in [-0.15, -0.1) is 0 Å². The van der Waals surface area contributed by atoms with Crippen LogP contribution in [0.2, 0.25) is 5.02 Å². The topological polar surface area (TPSA) is 84.5 Å². The molecular formula is C14H15ClN4O2. The van der Waals surface area contributed by atoms with Crippen molar-refractivity contribution in [3.63, 3.8) is 0 Å². The van der Waals surface area contributed by atoms with Gasteiger partial charge in [-0.3, -0.25) is 0 Å². The standard InChI is InChI=1S/C14H15ClN4O2/c15-9-1-3-11(4-2-9)21-12-7-17-14(16)18-13(12)19-6-5-10(20)8-19/h1-4,7,10,20H,5-6,8H2,(H2,16,17,18). The van der Waals surface area contributed by atoms with Gasteiger partial charge in [-0.1, -0.05) is 11.6 Å². The predicted molar refractivity (Wildman–Crippen MR) is 80.8 cm³/mol. The van der Waals surface area contributed by atoms with Crippen LogP contribution in [0.1, 0.15) is 6.42 Å². The summed E-state index contributed by atoms with van der Waals surface area (Å²) in [5.41, 5.74) is 5.66. The van der Waals surface area contributed by atoms with E-state index in [2.05, 4.69) is 9.97 Å². The van der Waals surface area contributed by atoms with Gasteiger partial charge in [0.25, 0.3) is 0 Å². The lowest BCUT2D eigenvalue weighted by Gasteiger charge is -2.19. The number of aliphatic hydroxyl groups excluding tert-OH is 1. The molecule has 0 radical (unpaired) electrons. The second-order valence-electron chi connectivity index (χ2n) is 4.86. The van der Waals surface area contributed by atoms with Gasteiger partial charge in [0.2, 0.25) is 5.95 Å². The minimum absolute atomic E-state index is 0.176. The van der Waals surface area contributed by atoms with Crippen LogP contribution in [0.5, 0.6) is 11.5 Å². The number of hydrogen-bond donors (Lipinski definition) is 2. The number of halogens is 1. The molecule has 21 heavy (non-hydrogen) atoms. The highest BCUT2D eigenvalue weighted by Gasteiger charge is 2.25. The van der Waals surface area contributed by atoms with Gasteiger partial charge in [0.15, 0.2) is 11.6 Å². The third-order valence-corrected chi connectivity index (χ3v) is 3.51. The molecule has 1 unspecified atom stereocenters. The van der Waals surface area contributed by atoms with E-state index in [1.54, 1.807) is 24.3 Å². The molecule has 3 N–H and O–H groups in total. The molecule has 2 heterocycles. The fourth-order valence-electron chi connectivity index (χ4n) is 2.24. The van der Waals surface area contributed by atoms with E-state index >= 15 is 0 Å². The Balaban J connectivity index is 1.89. The molecule has 1 atom stereocenters. The molecule has 1 saturated heterocycles. The largest absolute Gasteiger partial charge is 0.452 e. The summed E-state index contributed by atoms with van der Waals surface area (Å²) in [6.07, 6.45) is 1.88. The van der Waals surface area contributed by atoms with E-state index in [0.717, 1.165) is 0 Å². The Hall–Kier alpha value is -2.05. The number of aliphatic hydroxyl groups is 1. The lowest BCUT2D eigenvalue weighted by Crippen LogP contribution is -2.23. The number of nitrogens with zero attached hydrogens (tertiary/aromatic N) is 3. The molecular weight excluding hydrogens is 292 g/mol. The van der Waals surface area contributed by atoms with Crippen molar-refractivity contribution in [2.75, 3.05) is 23.7 Å². The monoisotopic (exact) mass is 306 g/mol. The van der Waals surface area contributed by atoms with E-state index < -0.39 is 0 Å². The first-order valence-electron chi connectivity index (χ1n) is 6.61. The molecule has 7 heteroatoms. The average molecular weight is 307 g/mol. The number of hydrogen-bond acceptors (Lipinski definition) is 6. The van der Waals surface area contributed by atoms with Gasteiger partial charge in [-0.05, 0) is 30.7 Å². The van der Waals surface area contributed by atoms with Crippen LogP contribution in [0, 0.1) is 0 Å². The highest BCUT2D eigenvalue weighted by molar-refractivity contribution is 6.30. The van der Waals surface area contributed by atoms with Crippen LogP contribution in [0.3, 0.4) is 0 Å². The minimum Gasteiger partial charge on any atom is -0.452 e. The van der Waals surface area contributed by atoms with Gasteiger partial charge in [0.05, 0.1) is 12.3 Å². The minimum atomic E-state index is -0.357. The van der Waals surface area contributed by atoms with Crippen LogP contribution in [-0.4, -0.2) is 34.3 Å². The summed E-state index contributed by atoms with van der Waals surface area (Å²) in [6.45, 7) is 1.21. The molecule has 0 amide bonds. The summed E-state index contributed by atoms with van der Waals surface area (Å²) in [5.74, 6) is 1.90.